The maximum atomic E-state index is 11.5. The van der Waals surface area contributed by atoms with Crippen molar-refractivity contribution in [3.05, 3.63) is 75.3 Å². The minimum atomic E-state index is -0.636. The third-order valence-electron chi connectivity index (χ3n) is 3.27. The molecule has 0 amide bonds. The van der Waals surface area contributed by atoms with Crippen LogP contribution in [0.3, 0.4) is 0 Å². The smallest absolute Gasteiger partial charge is 0.334 e. The summed E-state index contributed by atoms with van der Waals surface area (Å²) in [6, 6.07) is 8.81. The Labute approximate surface area is 146 Å². The first-order valence-corrected chi connectivity index (χ1v) is 7.22. The van der Waals surface area contributed by atoms with Gasteiger partial charge in [-0.25, -0.2) is 9.97 Å². The van der Waals surface area contributed by atoms with Gasteiger partial charge in [0.2, 0.25) is 11.6 Å². The Morgan fingerprint density at radius 2 is 1.50 bits per heavy atom. The molecule has 0 atom stereocenters. The van der Waals surface area contributed by atoms with Gasteiger partial charge in [0, 0.05) is 35.9 Å². The first-order valence-electron chi connectivity index (χ1n) is 7.22. The molecule has 0 saturated heterocycles. The average molecular weight is 353 g/mol. The van der Waals surface area contributed by atoms with Crippen LogP contribution in [0.25, 0.3) is 0 Å². The minimum Gasteiger partial charge on any atom is -0.334 e. The van der Waals surface area contributed by atoms with Gasteiger partial charge >= 0.3 is 5.69 Å². The monoisotopic (exact) mass is 353 g/mol. The van der Waals surface area contributed by atoms with E-state index in [0.29, 0.717) is 5.69 Å². The maximum absolute atomic E-state index is 11.5. The molecule has 0 radical (unpaired) electrons. The summed E-state index contributed by atoms with van der Waals surface area (Å²) in [5.74, 6) is -0.119. The van der Waals surface area contributed by atoms with Gasteiger partial charge in [-0.15, -0.1) is 0 Å². The van der Waals surface area contributed by atoms with Crippen LogP contribution in [-0.4, -0.2) is 24.8 Å². The zero-order chi connectivity index (χ0) is 18.5. The summed E-state index contributed by atoms with van der Waals surface area (Å²) in [5.41, 5.74) is 0.302. The number of pyridine rings is 1. The van der Waals surface area contributed by atoms with Crippen LogP contribution in [0.2, 0.25) is 0 Å². The van der Waals surface area contributed by atoms with Crippen LogP contribution < -0.4 is 10.6 Å². The summed E-state index contributed by atoms with van der Waals surface area (Å²) in [7, 11) is 0. The van der Waals surface area contributed by atoms with Crippen molar-refractivity contribution < 1.29 is 9.85 Å². The lowest BCUT2D eigenvalue weighted by atomic mass is 10.2. The largest absolute Gasteiger partial charge is 0.353 e. The van der Waals surface area contributed by atoms with Crippen molar-refractivity contribution in [1.29, 1.82) is 0 Å². The van der Waals surface area contributed by atoms with Gasteiger partial charge in [-0.05, 0) is 18.2 Å². The van der Waals surface area contributed by atoms with E-state index < -0.39 is 15.5 Å². The molecule has 3 aromatic rings. The van der Waals surface area contributed by atoms with E-state index in [4.69, 9.17) is 0 Å². The zero-order valence-corrected chi connectivity index (χ0v) is 13.1. The van der Waals surface area contributed by atoms with E-state index in [-0.39, 0.29) is 23.0 Å². The fourth-order valence-electron chi connectivity index (χ4n) is 2.14. The van der Waals surface area contributed by atoms with Crippen LogP contribution in [-0.2, 0) is 0 Å². The highest BCUT2D eigenvalue weighted by molar-refractivity contribution is 5.77. The predicted molar refractivity (Wildman–Crippen MR) is 92.6 cm³/mol. The molecular formula is C15H11N7O4. The molecule has 0 fully saturated rings. The predicted octanol–water partition coefficient (Wildman–Crippen LogP) is 3.18. The van der Waals surface area contributed by atoms with Crippen molar-refractivity contribution in [3.8, 4) is 0 Å². The lowest BCUT2D eigenvalue weighted by molar-refractivity contribution is -0.384. The number of hydrogen-bond acceptors (Lipinski definition) is 9. The molecule has 0 aliphatic heterocycles. The Hall–Kier alpha value is -4.15. The highest BCUT2D eigenvalue weighted by atomic mass is 16.6. The van der Waals surface area contributed by atoms with Gasteiger partial charge in [-0.1, -0.05) is 6.07 Å². The SMILES string of the molecule is O=[N+]([O-])c1cccc(Nc2ncnc(Nc3ccncc3)c2[N+](=O)[O-])c1. The fourth-order valence-corrected chi connectivity index (χ4v) is 2.14. The van der Waals surface area contributed by atoms with Crippen molar-refractivity contribution >= 4 is 34.4 Å². The standard InChI is InChI=1S/C15H11N7O4/c23-21(24)12-3-1-2-11(8-12)20-15-13(22(25)26)14(17-9-18-15)19-10-4-6-16-7-5-10/h1-9H,(H2,16,17,18,19,20). The summed E-state index contributed by atoms with van der Waals surface area (Å²) in [6.45, 7) is 0. The fraction of sp³-hybridized carbons (Fsp3) is 0. The average Bonchev–Trinajstić information content (AvgIpc) is 2.62. The molecule has 11 nitrogen and oxygen atoms in total. The minimum absolute atomic E-state index is 0.0240. The third-order valence-corrected chi connectivity index (χ3v) is 3.27. The maximum Gasteiger partial charge on any atom is 0.353 e. The van der Waals surface area contributed by atoms with Crippen LogP contribution in [0.15, 0.2) is 55.1 Å². The van der Waals surface area contributed by atoms with E-state index in [1.807, 2.05) is 0 Å². The van der Waals surface area contributed by atoms with Gasteiger partial charge in [0.1, 0.15) is 6.33 Å². The molecule has 0 aliphatic rings. The first-order chi connectivity index (χ1) is 12.5. The van der Waals surface area contributed by atoms with Crippen LogP contribution >= 0.6 is 0 Å². The van der Waals surface area contributed by atoms with Crippen LogP contribution in [0.5, 0.6) is 0 Å². The quantitative estimate of drug-likeness (QED) is 0.503. The topological polar surface area (TPSA) is 149 Å². The number of benzene rings is 1. The third kappa shape index (κ3) is 3.67. The number of anilines is 4. The molecule has 11 heteroatoms. The summed E-state index contributed by atoms with van der Waals surface area (Å²) in [4.78, 5) is 32.9. The molecule has 0 aliphatic carbocycles. The molecular weight excluding hydrogens is 342 g/mol. The molecule has 2 N–H and O–H groups in total. The molecule has 0 unspecified atom stereocenters. The van der Waals surface area contributed by atoms with E-state index in [1.165, 1.54) is 36.7 Å². The number of hydrogen-bond donors (Lipinski definition) is 2. The number of nitrogens with zero attached hydrogens (tertiary/aromatic N) is 5. The molecule has 0 spiro atoms. The molecule has 130 valence electrons. The second kappa shape index (κ2) is 7.17. The molecule has 26 heavy (non-hydrogen) atoms. The highest BCUT2D eigenvalue weighted by Crippen LogP contribution is 2.33. The number of non-ortho nitro benzene ring substituents is 1. The zero-order valence-electron chi connectivity index (χ0n) is 13.1. The van der Waals surface area contributed by atoms with Crippen molar-refractivity contribution in [1.82, 2.24) is 15.0 Å². The molecule has 0 bridgehead atoms. The number of aromatic nitrogens is 3. The summed E-state index contributed by atoms with van der Waals surface area (Å²) < 4.78 is 0. The van der Waals surface area contributed by atoms with Gasteiger partial charge in [0.25, 0.3) is 5.69 Å². The van der Waals surface area contributed by atoms with Crippen LogP contribution in [0.1, 0.15) is 0 Å². The van der Waals surface area contributed by atoms with Gasteiger partial charge < -0.3 is 10.6 Å². The number of rotatable bonds is 6. The number of nitrogens with one attached hydrogen (secondary N) is 2. The second-order valence-corrected chi connectivity index (χ2v) is 4.97. The first kappa shape index (κ1) is 16.7. The second-order valence-electron chi connectivity index (χ2n) is 4.97. The number of nitro benzene ring substituents is 1. The van der Waals surface area contributed by atoms with Gasteiger partial charge in [-0.2, -0.15) is 0 Å². The summed E-state index contributed by atoms with van der Waals surface area (Å²) >= 11 is 0. The molecule has 2 heterocycles. The van der Waals surface area contributed by atoms with Gasteiger partial charge in [0.15, 0.2) is 0 Å². The normalized spacial score (nSPS) is 10.2. The lowest BCUT2D eigenvalue weighted by Crippen LogP contribution is -2.05. The van der Waals surface area contributed by atoms with Gasteiger partial charge in [-0.3, -0.25) is 25.2 Å². The van der Waals surface area contributed by atoms with Crippen molar-refractivity contribution in [2.75, 3.05) is 10.6 Å². The summed E-state index contributed by atoms with van der Waals surface area (Å²) in [5, 5.41) is 27.9. The Balaban J connectivity index is 1.97. The lowest BCUT2D eigenvalue weighted by Gasteiger charge is -2.10. The van der Waals surface area contributed by atoms with Gasteiger partial charge in [0.05, 0.1) is 9.85 Å². The molecule has 3 rings (SSSR count). The Kier molecular flexibility index (Phi) is 4.60. The van der Waals surface area contributed by atoms with Crippen LogP contribution in [0, 0.1) is 20.2 Å². The summed E-state index contributed by atoms with van der Waals surface area (Å²) in [6.07, 6.45) is 4.20. The van der Waals surface area contributed by atoms with Crippen LogP contribution in [0.4, 0.5) is 34.4 Å². The van der Waals surface area contributed by atoms with E-state index in [0.717, 1.165) is 6.33 Å². The molecule has 0 saturated carbocycles. The molecule has 1 aromatic carbocycles. The molecule has 2 aromatic heterocycles. The van der Waals surface area contributed by atoms with Crippen molar-refractivity contribution in [3.63, 3.8) is 0 Å². The van der Waals surface area contributed by atoms with E-state index in [9.17, 15) is 20.2 Å². The Bertz CT molecular complexity index is 965. The van der Waals surface area contributed by atoms with Crippen molar-refractivity contribution in [2.24, 2.45) is 0 Å². The van der Waals surface area contributed by atoms with E-state index >= 15 is 0 Å². The Morgan fingerprint density at radius 1 is 0.846 bits per heavy atom. The number of nitro groups is 2. The Morgan fingerprint density at radius 3 is 2.12 bits per heavy atom. The highest BCUT2D eigenvalue weighted by Gasteiger charge is 2.23. The van der Waals surface area contributed by atoms with E-state index in [2.05, 4.69) is 25.6 Å². The van der Waals surface area contributed by atoms with Crippen molar-refractivity contribution in [2.45, 2.75) is 0 Å². The van der Waals surface area contributed by atoms with E-state index in [1.54, 1.807) is 12.1 Å².